The Balaban J connectivity index is 2.22. The third-order valence-electron chi connectivity index (χ3n) is 2.81. The molecule has 0 saturated carbocycles. The summed E-state index contributed by atoms with van der Waals surface area (Å²) in [6, 6.07) is 8.87. The number of allylic oxidation sites excluding steroid dienone is 1. The maximum atomic E-state index is 13.3. The van der Waals surface area contributed by atoms with Gasteiger partial charge in [-0.15, -0.1) is 0 Å². The van der Waals surface area contributed by atoms with Crippen LogP contribution in [0.3, 0.4) is 0 Å². The Kier molecular flexibility index (Phi) is 3.98. The highest BCUT2D eigenvalue weighted by Crippen LogP contribution is 2.12. The Morgan fingerprint density at radius 3 is 2.70 bits per heavy atom. The number of carbonyl (C=O) groups excluding carboxylic acids is 1. The smallest absolute Gasteiger partial charge is 0.367 e. The average Bonchev–Trinajstić information content (AvgIpc) is 2.43. The van der Waals surface area contributed by atoms with Gasteiger partial charge in [0.2, 0.25) is 5.83 Å². The molecule has 4 nitrogen and oxygen atoms in total. The SMILES string of the molecule is CC(C)=C(F)C(=O)OCc1cc2ccccc2[nH]c1=O. The summed E-state index contributed by atoms with van der Waals surface area (Å²) in [5, 5.41) is 0.820. The van der Waals surface area contributed by atoms with Crippen molar-refractivity contribution in [3.63, 3.8) is 0 Å². The number of benzene rings is 1. The molecular weight excluding hydrogens is 261 g/mol. The van der Waals surface area contributed by atoms with Gasteiger partial charge in [-0.3, -0.25) is 4.79 Å². The lowest BCUT2D eigenvalue weighted by Gasteiger charge is -2.05. The first kappa shape index (κ1) is 14.0. The van der Waals surface area contributed by atoms with Crippen molar-refractivity contribution >= 4 is 16.9 Å². The fraction of sp³-hybridized carbons (Fsp3) is 0.200. The minimum Gasteiger partial charge on any atom is -0.455 e. The molecule has 0 unspecified atom stereocenters. The maximum absolute atomic E-state index is 13.3. The third kappa shape index (κ3) is 2.93. The van der Waals surface area contributed by atoms with Gasteiger partial charge in [0, 0.05) is 5.52 Å². The molecule has 1 aromatic heterocycles. The molecule has 1 N–H and O–H groups in total. The minimum atomic E-state index is -1.06. The Morgan fingerprint density at radius 1 is 1.30 bits per heavy atom. The molecule has 0 aliphatic heterocycles. The fourth-order valence-corrected chi connectivity index (χ4v) is 1.71. The van der Waals surface area contributed by atoms with Gasteiger partial charge in [0.15, 0.2) is 0 Å². The van der Waals surface area contributed by atoms with Crippen molar-refractivity contribution in [3.05, 3.63) is 57.6 Å². The van der Waals surface area contributed by atoms with Gasteiger partial charge < -0.3 is 9.72 Å². The Labute approximate surface area is 114 Å². The molecule has 0 amide bonds. The standard InChI is InChI=1S/C15H14FNO3/c1-9(2)13(16)15(19)20-8-11-7-10-5-3-4-6-12(10)17-14(11)18/h3-7H,8H2,1-2H3,(H,17,18). The molecule has 0 aliphatic carbocycles. The van der Waals surface area contributed by atoms with Crippen LogP contribution in [0.25, 0.3) is 10.9 Å². The van der Waals surface area contributed by atoms with Gasteiger partial charge in [0.1, 0.15) is 6.61 Å². The van der Waals surface area contributed by atoms with Crippen molar-refractivity contribution in [3.8, 4) is 0 Å². The van der Waals surface area contributed by atoms with Crippen molar-refractivity contribution in [2.45, 2.75) is 20.5 Å². The predicted octanol–water partition coefficient (Wildman–Crippen LogP) is 2.83. The number of halogens is 1. The number of hydrogen-bond acceptors (Lipinski definition) is 3. The molecule has 104 valence electrons. The highest BCUT2D eigenvalue weighted by atomic mass is 19.1. The number of pyridine rings is 1. The lowest BCUT2D eigenvalue weighted by atomic mass is 10.1. The molecule has 1 aromatic carbocycles. The Morgan fingerprint density at radius 2 is 2.00 bits per heavy atom. The van der Waals surface area contributed by atoms with Crippen molar-refractivity contribution in [1.82, 2.24) is 4.98 Å². The van der Waals surface area contributed by atoms with Crippen LogP contribution in [-0.4, -0.2) is 11.0 Å². The van der Waals surface area contributed by atoms with Crippen LogP contribution in [0.4, 0.5) is 4.39 Å². The van der Waals surface area contributed by atoms with Crippen LogP contribution >= 0.6 is 0 Å². The number of rotatable bonds is 3. The van der Waals surface area contributed by atoms with E-state index in [-0.39, 0.29) is 23.3 Å². The van der Waals surface area contributed by atoms with Crippen LogP contribution < -0.4 is 5.56 Å². The number of aromatic amines is 1. The van der Waals surface area contributed by atoms with E-state index < -0.39 is 11.8 Å². The number of fused-ring (bicyclic) bond motifs is 1. The molecular formula is C15H14FNO3. The van der Waals surface area contributed by atoms with Gasteiger partial charge in [-0.1, -0.05) is 18.2 Å². The molecule has 5 heteroatoms. The highest BCUT2D eigenvalue weighted by molar-refractivity contribution is 5.86. The van der Waals surface area contributed by atoms with Crippen LogP contribution in [0.1, 0.15) is 19.4 Å². The second-order valence-electron chi connectivity index (χ2n) is 4.60. The Hall–Kier alpha value is -2.43. The van der Waals surface area contributed by atoms with Gasteiger partial charge in [-0.2, -0.15) is 4.39 Å². The maximum Gasteiger partial charge on any atom is 0.367 e. The van der Waals surface area contributed by atoms with E-state index in [0.29, 0.717) is 5.52 Å². The molecule has 0 atom stereocenters. The second-order valence-corrected chi connectivity index (χ2v) is 4.60. The average molecular weight is 275 g/mol. The Bertz CT molecular complexity index is 742. The van der Waals surface area contributed by atoms with Gasteiger partial charge in [-0.05, 0) is 36.9 Å². The third-order valence-corrected chi connectivity index (χ3v) is 2.81. The molecule has 0 bridgehead atoms. The largest absolute Gasteiger partial charge is 0.455 e. The van der Waals surface area contributed by atoms with E-state index in [2.05, 4.69) is 4.98 Å². The summed E-state index contributed by atoms with van der Waals surface area (Å²) in [6.45, 7) is 2.68. The number of ether oxygens (including phenoxy) is 1. The van der Waals surface area contributed by atoms with Gasteiger partial charge in [0.05, 0.1) is 5.56 Å². The summed E-state index contributed by atoms with van der Waals surface area (Å²) in [5.41, 5.74) is 0.859. The summed E-state index contributed by atoms with van der Waals surface area (Å²) in [5.74, 6) is -1.99. The zero-order valence-electron chi connectivity index (χ0n) is 11.2. The molecule has 0 spiro atoms. The summed E-state index contributed by atoms with van der Waals surface area (Å²) in [7, 11) is 0. The zero-order valence-corrected chi connectivity index (χ0v) is 11.2. The van der Waals surface area contributed by atoms with Crippen molar-refractivity contribution in [1.29, 1.82) is 0 Å². The number of hydrogen-bond donors (Lipinski definition) is 1. The van der Waals surface area contributed by atoms with E-state index in [9.17, 15) is 14.0 Å². The van der Waals surface area contributed by atoms with E-state index in [1.54, 1.807) is 12.1 Å². The van der Waals surface area contributed by atoms with Crippen molar-refractivity contribution < 1.29 is 13.9 Å². The van der Waals surface area contributed by atoms with Crippen LogP contribution in [0, 0.1) is 0 Å². The number of H-pyrrole nitrogens is 1. The van der Waals surface area contributed by atoms with Crippen molar-refractivity contribution in [2.75, 3.05) is 0 Å². The monoisotopic (exact) mass is 275 g/mol. The number of esters is 1. The normalized spacial score (nSPS) is 10.3. The van der Waals surface area contributed by atoms with Crippen LogP contribution in [-0.2, 0) is 16.1 Å². The molecule has 0 fully saturated rings. The minimum absolute atomic E-state index is 0.238. The van der Waals surface area contributed by atoms with Gasteiger partial charge in [-0.25, -0.2) is 4.79 Å². The molecule has 20 heavy (non-hydrogen) atoms. The van der Waals surface area contributed by atoms with Crippen LogP contribution in [0.5, 0.6) is 0 Å². The first-order valence-electron chi connectivity index (χ1n) is 6.10. The lowest BCUT2D eigenvalue weighted by molar-refractivity contribution is -0.142. The lowest BCUT2D eigenvalue weighted by Crippen LogP contribution is -2.15. The highest BCUT2D eigenvalue weighted by Gasteiger charge is 2.13. The molecule has 2 aromatic rings. The molecule has 0 radical (unpaired) electrons. The van der Waals surface area contributed by atoms with Gasteiger partial charge >= 0.3 is 5.97 Å². The van der Waals surface area contributed by atoms with E-state index in [1.807, 2.05) is 18.2 Å². The summed E-state index contributed by atoms with van der Waals surface area (Å²) in [4.78, 5) is 25.8. The first-order chi connectivity index (χ1) is 9.49. The molecule has 0 aliphatic rings. The van der Waals surface area contributed by atoms with E-state index in [0.717, 1.165) is 5.39 Å². The number of para-hydroxylation sites is 1. The van der Waals surface area contributed by atoms with Gasteiger partial charge in [0.25, 0.3) is 5.56 Å². The summed E-state index contributed by atoms with van der Waals surface area (Å²) < 4.78 is 18.1. The molecule has 1 heterocycles. The quantitative estimate of drug-likeness (QED) is 0.692. The fourth-order valence-electron chi connectivity index (χ4n) is 1.71. The van der Waals surface area contributed by atoms with E-state index in [4.69, 9.17) is 4.74 Å². The molecule has 2 rings (SSSR count). The van der Waals surface area contributed by atoms with Crippen LogP contribution in [0.15, 0.2) is 46.5 Å². The number of carbonyl (C=O) groups is 1. The van der Waals surface area contributed by atoms with Crippen LogP contribution in [0.2, 0.25) is 0 Å². The topological polar surface area (TPSA) is 59.2 Å². The van der Waals surface area contributed by atoms with Crippen molar-refractivity contribution in [2.24, 2.45) is 0 Å². The first-order valence-corrected chi connectivity index (χ1v) is 6.10. The van der Waals surface area contributed by atoms with E-state index in [1.165, 1.54) is 13.8 Å². The summed E-state index contributed by atoms with van der Waals surface area (Å²) >= 11 is 0. The van der Waals surface area contributed by atoms with E-state index >= 15 is 0 Å². The summed E-state index contributed by atoms with van der Waals surface area (Å²) in [6.07, 6.45) is 0. The molecule has 0 saturated heterocycles. The second kappa shape index (κ2) is 5.69. The predicted molar refractivity (Wildman–Crippen MR) is 73.8 cm³/mol. The number of nitrogens with one attached hydrogen (secondary N) is 1. The number of aromatic nitrogens is 1. The zero-order chi connectivity index (χ0) is 14.7.